The maximum Gasteiger partial charge on any atom is 0.242 e. The van der Waals surface area contributed by atoms with Crippen LogP contribution in [0.25, 0.3) is 0 Å². The lowest BCUT2D eigenvalue weighted by Gasteiger charge is -2.16. The van der Waals surface area contributed by atoms with E-state index in [1.807, 2.05) is 0 Å². The predicted octanol–water partition coefficient (Wildman–Crippen LogP) is 2.05. The van der Waals surface area contributed by atoms with E-state index in [1.165, 1.54) is 0 Å². The lowest BCUT2D eigenvalue weighted by Crippen LogP contribution is -2.31. The van der Waals surface area contributed by atoms with Crippen LogP contribution < -0.4 is 10.5 Å². The Morgan fingerprint density at radius 1 is 1.39 bits per heavy atom. The quantitative estimate of drug-likeness (QED) is 0.803. The highest BCUT2D eigenvalue weighted by atomic mass is 32.2. The third-order valence-electron chi connectivity index (χ3n) is 3.86. The average molecular weight is 268 g/mol. The number of aryl methyl sites for hydroxylation is 1. The van der Waals surface area contributed by atoms with E-state index in [2.05, 4.69) is 11.6 Å². The van der Waals surface area contributed by atoms with E-state index in [-0.39, 0.29) is 10.3 Å². The fraction of sp³-hybridized carbons (Fsp3) is 0.538. The monoisotopic (exact) mass is 268 g/mol. The van der Waals surface area contributed by atoms with Gasteiger partial charge in [0.25, 0.3) is 0 Å². The Morgan fingerprint density at radius 2 is 2.06 bits per heavy atom. The summed E-state index contributed by atoms with van der Waals surface area (Å²) in [5, 5.41) is 0. The molecule has 0 amide bonds. The van der Waals surface area contributed by atoms with Crippen molar-refractivity contribution in [3.8, 4) is 0 Å². The minimum Gasteiger partial charge on any atom is -0.398 e. The van der Waals surface area contributed by atoms with Gasteiger partial charge < -0.3 is 5.73 Å². The van der Waals surface area contributed by atoms with Crippen molar-refractivity contribution < 1.29 is 8.42 Å². The summed E-state index contributed by atoms with van der Waals surface area (Å²) in [6.07, 6.45) is 3.23. The maximum absolute atomic E-state index is 12.3. The Hall–Kier alpha value is -1.07. The molecule has 0 saturated heterocycles. The molecule has 0 aromatic heterocycles. The fourth-order valence-corrected chi connectivity index (χ4v) is 3.71. The predicted molar refractivity (Wildman–Crippen MR) is 72.7 cm³/mol. The molecule has 0 unspecified atom stereocenters. The Kier molecular flexibility index (Phi) is 3.38. The molecule has 100 valence electrons. The SMILES string of the molecule is CCC1(CNS(=O)(=O)c2c(C)cccc2N)CC1. The van der Waals surface area contributed by atoms with Gasteiger partial charge >= 0.3 is 0 Å². The third kappa shape index (κ3) is 2.52. The van der Waals surface area contributed by atoms with Crippen LogP contribution in [0.5, 0.6) is 0 Å². The highest BCUT2D eigenvalue weighted by molar-refractivity contribution is 7.89. The van der Waals surface area contributed by atoms with Gasteiger partial charge in [-0.25, -0.2) is 13.1 Å². The minimum absolute atomic E-state index is 0.185. The first kappa shape index (κ1) is 13.4. The van der Waals surface area contributed by atoms with E-state index in [9.17, 15) is 8.42 Å². The molecule has 18 heavy (non-hydrogen) atoms. The molecule has 1 fully saturated rings. The van der Waals surface area contributed by atoms with Gasteiger partial charge in [-0.3, -0.25) is 0 Å². The Morgan fingerprint density at radius 3 is 2.56 bits per heavy atom. The van der Waals surface area contributed by atoms with Crippen LogP contribution in [0.1, 0.15) is 31.7 Å². The molecule has 0 aliphatic heterocycles. The maximum atomic E-state index is 12.3. The molecule has 3 N–H and O–H groups in total. The molecule has 1 aliphatic rings. The molecule has 2 rings (SSSR count). The zero-order valence-corrected chi connectivity index (χ0v) is 11.7. The lowest BCUT2D eigenvalue weighted by molar-refractivity contribution is 0.475. The second-order valence-electron chi connectivity index (χ2n) is 5.17. The normalized spacial score (nSPS) is 17.7. The number of hydrogen-bond acceptors (Lipinski definition) is 3. The van der Waals surface area contributed by atoms with Crippen molar-refractivity contribution in [1.82, 2.24) is 4.72 Å². The van der Waals surface area contributed by atoms with Crippen molar-refractivity contribution in [2.24, 2.45) is 5.41 Å². The van der Waals surface area contributed by atoms with Gasteiger partial charge in [0, 0.05) is 6.54 Å². The standard InChI is InChI=1S/C13H20N2O2S/c1-3-13(7-8-13)9-15-18(16,17)12-10(2)5-4-6-11(12)14/h4-6,15H,3,7-9,14H2,1-2H3. The summed E-state index contributed by atoms with van der Waals surface area (Å²) >= 11 is 0. The minimum atomic E-state index is -3.50. The van der Waals surface area contributed by atoms with E-state index in [0.717, 1.165) is 19.3 Å². The number of anilines is 1. The molecule has 4 nitrogen and oxygen atoms in total. The molecular weight excluding hydrogens is 248 g/mol. The first-order chi connectivity index (χ1) is 8.40. The van der Waals surface area contributed by atoms with Crippen molar-refractivity contribution in [2.75, 3.05) is 12.3 Å². The molecule has 0 bridgehead atoms. The van der Waals surface area contributed by atoms with E-state index in [0.29, 0.717) is 17.8 Å². The fourth-order valence-electron chi connectivity index (χ4n) is 2.19. The van der Waals surface area contributed by atoms with E-state index in [1.54, 1.807) is 25.1 Å². The van der Waals surface area contributed by atoms with Crippen LogP contribution in [0.2, 0.25) is 0 Å². The highest BCUT2D eigenvalue weighted by Gasteiger charge is 2.41. The van der Waals surface area contributed by atoms with Gasteiger partial charge in [0.05, 0.1) is 5.69 Å². The second kappa shape index (κ2) is 4.55. The van der Waals surface area contributed by atoms with E-state index < -0.39 is 10.0 Å². The molecule has 5 heteroatoms. The average Bonchev–Trinajstić information content (AvgIpc) is 3.07. The molecule has 0 radical (unpaired) electrons. The third-order valence-corrected chi connectivity index (χ3v) is 5.47. The van der Waals surface area contributed by atoms with Gasteiger partial charge in [-0.05, 0) is 43.2 Å². The van der Waals surface area contributed by atoms with Gasteiger partial charge in [0.1, 0.15) is 4.90 Å². The van der Waals surface area contributed by atoms with Gasteiger partial charge in [0.15, 0.2) is 0 Å². The molecule has 1 aromatic carbocycles. The summed E-state index contributed by atoms with van der Waals surface area (Å²) in [4.78, 5) is 0.219. The van der Waals surface area contributed by atoms with Crippen LogP contribution in [-0.4, -0.2) is 15.0 Å². The molecule has 0 spiro atoms. The van der Waals surface area contributed by atoms with Gasteiger partial charge in [0.2, 0.25) is 10.0 Å². The van der Waals surface area contributed by atoms with Crippen molar-refractivity contribution in [1.29, 1.82) is 0 Å². The zero-order valence-electron chi connectivity index (χ0n) is 10.9. The first-order valence-corrected chi connectivity index (χ1v) is 7.73. The van der Waals surface area contributed by atoms with Gasteiger partial charge in [-0.2, -0.15) is 0 Å². The van der Waals surface area contributed by atoms with Crippen LogP contribution in [-0.2, 0) is 10.0 Å². The number of nitrogens with two attached hydrogens (primary N) is 1. The summed E-state index contributed by atoms with van der Waals surface area (Å²) in [7, 11) is -3.50. The summed E-state index contributed by atoms with van der Waals surface area (Å²) in [6, 6.07) is 5.14. The first-order valence-electron chi connectivity index (χ1n) is 6.25. The molecule has 1 aliphatic carbocycles. The largest absolute Gasteiger partial charge is 0.398 e. The zero-order chi connectivity index (χ0) is 13.4. The smallest absolute Gasteiger partial charge is 0.242 e. The topological polar surface area (TPSA) is 72.2 Å². The summed E-state index contributed by atoms with van der Waals surface area (Å²) in [6.45, 7) is 4.38. The van der Waals surface area contributed by atoms with Crippen molar-refractivity contribution in [3.63, 3.8) is 0 Å². The Labute approximate surface area is 109 Å². The van der Waals surface area contributed by atoms with Crippen molar-refractivity contribution in [3.05, 3.63) is 23.8 Å². The number of sulfonamides is 1. The highest BCUT2D eigenvalue weighted by Crippen LogP contribution is 2.48. The Balaban J connectivity index is 2.21. The summed E-state index contributed by atoms with van der Waals surface area (Å²) in [5.74, 6) is 0. The second-order valence-corrected chi connectivity index (χ2v) is 6.88. The lowest BCUT2D eigenvalue weighted by atomic mass is 10.1. The van der Waals surface area contributed by atoms with Crippen LogP contribution in [0.3, 0.4) is 0 Å². The molecule has 0 heterocycles. The number of rotatable bonds is 5. The summed E-state index contributed by atoms with van der Waals surface area (Å²) in [5.41, 5.74) is 6.95. The van der Waals surface area contributed by atoms with Crippen molar-refractivity contribution in [2.45, 2.75) is 38.0 Å². The van der Waals surface area contributed by atoms with E-state index in [4.69, 9.17) is 5.73 Å². The van der Waals surface area contributed by atoms with E-state index >= 15 is 0 Å². The summed E-state index contributed by atoms with van der Waals surface area (Å²) < 4.78 is 27.2. The van der Waals surface area contributed by atoms with Crippen LogP contribution >= 0.6 is 0 Å². The number of hydrogen-bond donors (Lipinski definition) is 2. The van der Waals surface area contributed by atoms with Gasteiger partial charge in [-0.15, -0.1) is 0 Å². The van der Waals surface area contributed by atoms with Crippen molar-refractivity contribution >= 4 is 15.7 Å². The van der Waals surface area contributed by atoms with Crippen LogP contribution in [0.15, 0.2) is 23.1 Å². The number of nitrogen functional groups attached to an aromatic ring is 1. The molecular formula is C13H20N2O2S. The number of benzene rings is 1. The number of nitrogens with one attached hydrogen (secondary N) is 1. The Bertz CT molecular complexity index is 528. The molecule has 1 aromatic rings. The van der Waals surface area contributed by atoms with Crippen LogP contribution in [0.4, 0.5) is 5.69 Å². The molecule has 0 atom stereocenters. The molecule has 1 saturated carbocycles. The van der Waals surface area contributed by atoms with Gasteiger partial charge in [-0.1, -0.05) is 19.1 Å². The van der Waals surface area contributed by atoms with Crippen LogP contribution in [0, 0.1) is 12.3 Å².